The van der Waals surface area contributed by atoms with E-state index in [1.165, 1.54) is 0 Å². The highest BCUT2D eigenvalue weighted by molar-refractivity contribution is 5.89. The van der Waals surface area contributed by atoms with Gasteiger partial charge in [0.05, 0.1) is 0 Å². The van der Waals surface area contributed by atoms with Gasteiger partial charge in [0.1, 0.15) is 0 Å². The Morgan fingerprint density at radius 3 is 2.45 bits per heavy atom. The van der Waals surface area contributed by atoms with E-state index in [0.717, 1.165) is 12.8 Å². The molecule has 4 heteroatoms. The Balaban J connectivity index is 1.86. The van der Waals surface area contributed by atoms with Gasteiger partial charge in [-0.05, 0) is 36.7 Å². The van der Waals surface area contributed by atoms with Crippen LogP contribution in [-0.2, 0) is 15.1 Å². The number of hydrogen-bond acceptors (Lipinski definition) is 2. The number of carboxylic acids is 1. The van der Waals surface area contributed by atoms with Gasteiger partial charge >= 0.3 is 5.97 Å². The average Bonchev–Trinajstić information content (AvgIpc) is 3.16. The fourth-order valence-corrected chi connectivity index (χ4v) is 3.80. The lowest BCUT2D eigenvalue weighted by molar-refractivity contribution is -0.149. The second-order valence-corrected chi connectivity index (χ2v) is 6.31. The van der Waals surface area contributed by atoms with E-state index in [1.807, 2.05) is 6.07 Å². The number of hydrogen-bond donors (Lipinski definition) is 2. The van der Waals surface area contributed by atoms with Crippen LogP contribution in [0, 0.1) is 17.8 Å². The number of carbonyl (C=O) groups is 2. The molecule has 3 rings (SSSR count). The minimum atomic E-state index is -1.34. The van der Waals surface area contributed by atoms with Crippen molar-refractivity contribution in [1.29, 1.82) is 0 Å². The first kappa shape index (κ1) is 14.8. The molecule has 1 aromatic carbocycles. The summed E-state index contributed by atoms with van der Waals surface area (Å²) in [7, 11) is 0. The van der Waals surface area contributed by atoms with Crippen molar-refractivity contribution >= 4 is 11.9 Å². The van der Waals surface area contributed by atoms with Gasteiger partial charge in [0, 0.05) is 5.92 Å². The highest BCUT2D eigenvalue weighted by atomic mass is 16.4. The van der Waals surface area contributed by atoms with Gasteiger partial charge in [0.25, 0.3) is 0 Å². The van der Waals surface area contributed by atoms with E-state index in [-0.39, 0.29) is 17.7 Å². The largest absolute Gasteiger partial charge is 0.479 e. The van der Waals surface area contributed by atoms with E-state index in [9.17, 15) is 14.7 Å². The topological polar surface area (TPSA) is 66.4 Å². The van der Waals surface area contributed by atoms with Crippen LogP contribution in [0.15, 0.2) is 42.5 Å². The van der Waals surface area contributed by atoms with Gasteiger partial charge in [-0.15, -0.1) is 0 Å². The molecule has 2 aliphatic carbocycles. The predicted octanol–water partition coefficient (Wildman–Crippen LogP) is 2.70. The molecule has 0 saturated heterocycles. The summed E-state index contributed by atoms with van der Waals surface area (Å²) in [6, 6.07) is 8.97. The van der Waals surface area contributed by atoms with E-state index in [2.05, 4.69) is 17.5 Å². The summed E-state index contributed by atoms with van der Waals surface area (Å²) in [5.41, 5.74) is -0.721. The molecule has 0 spiro atoms. The maximum atomic E-state index is 12.7. The predicted molar refractivity (Wildman–Crippen MR) is 83.0 cm³/mol. The molecule has 4 atom stereocenters. The van der Waals surface area contributed by atoms with E-state index in [0.29, 0.717) is 17.9 Å². The van der Waals surface area contributed by atoms with Gasteiger partial charge in [-0.25, -0.2) is 4.79 Å². The first-order chi connectivity index (χ1) is 10.6. The number of nitrogens with one attached hydrogen (secondary N) is 1. The smallest absolute Gasteiger partial charge is 0.334 e. The Morgan fingerprint density at radius 2 is 1.95 bits per heavy atom. The molecule has 0 heterocycles. The zero-order valence-electron chi connectivity index (χ0n) is 12.7. The second kappa shape index (κ2) is 5.59. The molecule has 4 nitrogen and oxygen atoms in total. The number of rotatable bonds is 5. The fraction of sp³-hybridized carbons (Fsp3) is 0.444. The second-order valence-electron chi connectivity index (χ2n) is 6.31. The summed E-state index contributed by atoms with van der Waals surface area (Å²) >= 11 is 0. The molecule has 4 unspecified atom stereocenters. The van der Waals surface area contributed by atoms with Crippen molar-refractivity contribution in [3.8, 4) is 0 Å². The van der Waals surface area contributed by atoms with E-state index in [1.54, 1.807) is 31.2 Å². The molecular formula is C18H21NO3. The standard InChI is InChI=1S/C18H21NO3/c1-2-18(17(21)22,14-6-4-3-5-7-14)19-16(20)15-11-12-8-9-13(15)10-12/h3-9,12-13,15H,2,10-11H2,1H3,(H,19,20)(H,21,22). The van der Waals surface area contributed by atoms with Crippen LogP contribution in [-0.4, -0.2) is 17.0 Å². The number of fused-ring (bicyclic) bond motifs is 2. The van der Waals surface area contributed by atoms with Crippen molar-refractivity contribution in [2.75, 3.05) is 0 Å². The molecule has 1 amide bonds. The number of carboxylic acid groups (broad SMARTS) is 1. The van der Waals surface area contributed by atoms with Crippen LogP contribution in [0.2, 0.25) is 0 Å². The maximum absolute atomic E-state index is 12.7. The van der Waals surface area contributed by atoms with Crippen LogP contribution in [0.25, 0.3) is 0 Å². The Kier molecular flexibility index (Phi) is 3.77. The van der Waals surface area contributed by atoms with Gasteiger partial charge in [-0.3, -0.25) is 4.79 Å². The van der Waals surface area contributed by atoms with Crippen molar-refractivity contribution in [3.63, 3.8) is 0 Å². The Labute approximate surface area is 130 Å². The number of amides is 1. The normalized spacial score (nSPS) is 28.3. The summed E-state index contributed by atoms with van der Waals surface area (Å²) in [6.07, 6.45) is 6.46. The summed E-state index contributed by atoms with van der Waals surface area (Å²) in [5.74, 6) is -0.482. The molecule has 2 N–H and O–H groups in total. The molecular weight excluding hydrogens is 278 g/mol. The quantitative estimate of drug-likeness (QED) is 0.822. The minimum Gasteiger partial charge on any atom is -0.479 e. The summed E-state index contributed by atoms with van der Waals surface area (Å²) in [5, 5.41) is 12.6. The minimum absolute atomic E-state index is 0.0935. The Morgan fingerprint density at radius 1 is 1.23 bits per heavy atom. The summed E-state index contributed by atoms with van der Waals surface area (Å²) in [6.45, 7) is 1.79. The fourth-order valence-electron chi connectivity index (χ4n) is 3.80. The van der Waals surface area contributed by atoms with Crippen LogP contribution < -0.4 is 5.32 Å². The number of aliphatic carboxylic acids is 1. The summed E-state index contributed by atoms with van der Waals surface area (Å²) in [4.78, 5) is 24.6. The number of allylic oxidation sites excluding steroid dienone is 2. The molecule has 0 aliphatic heterocycles. The lowest BCUT2D eigenvalue weighted by atomic mass is 9.85. The van der Waals surface area contributed by atoms with Crippen LogP contribution in [0.4, 0.5) is 0 Å². The monoisotopic (exact) mass is 299 g/mol. The van der Waals surface area contributed by atoms with Crippen molar-refractivity contribution in [1.82, 2.24) is 5.32 Å². The van der Waals surface area contributed by atoms with Crippen LogP contribution in [0.3, 0.4) is 0 Å². The molecule has 22 heavy (non-hydrogen) atoms. The maximum Gasteiger partial charge on any atom is 0.334 e. The molecule has 0 aromatic heterocycles. The Bertz CT molecular complexity index is 610. The third-order valence-corrected chi connectivity index (χ3v) is 5.11. The lowest BCUT2D eigenvalue weighted by Crippen LogP contribution is -2.53. The zero-order valence-corrected chi connectivity index (χ0v) is 12.7. The highest BCUT2D eigenvalue weighted by Crippen LogP contribution is 2.44. The highest BCUT2D eigenvalue weighted by Gasteiger charge is 2.45. The van der Waals surface area contributed by atoms with Crippen molar-refractivity contribution < 1.29 is 14.7 Å². The molecule has 1 fully saturated rings. The van der Waals surface area contributed by atoms with Gasteiger partial charge in [-0.1, -0.05) is 49.4 Å². The Hall–Kier alpha value is -2.10. The van der Waals surface area contributed by atoms with Crippen molar-refractivity contribution in [2.45, 2.75) is 31.7 Å². The molecule has 2 bridgehead atoms. The van der Waals surface area contributed by atoms with Crippen molar-refractivity contribution in [2.24, 2.45) is 17.8 Å². The molecule has 1 aromatic rings. The average molecular weight is 299 g/mol. The molecule has 2 aliphatic rings. The third-order valence-electron chi connectivity index (χ3n) is 5.11. The van der Waals surface area contributed by atoms with E-state index in [4.69, 9.17) is 0 Å². The van der Waals surface area contributed by atoms with E-state index >= 15 is 0 Å². The van der Waals surface area contributed by atoms with Gasteiger partial charge < -0.3 is 10.4 Å². The van der Waals surface area contributed by atoms with E-state index < -0.39 is 11.5 Å². The number of carbonyl (C=O) groups excluding carboxylic acids is 1. The van der Waals surface area contributed by atoms with Crippen LogP contribution >= 0.6 is 0 Å². The zero-order chi connectivity index (χ0) is 15.7. The third kappa shape index (κ3) is 2.32. The molecule has 116 valence electrons. The van der Waals surface area contributed by atoms with Gasteiger partial charge in [-0.2, -0.15) is 0 Å². The SMILES string of the molecule is CCC(NC(=O)C1CC2C=CC1C2)(C(=O)O)c1ccccc1. The first-order valence-electron chi connectivity index (χ1n) is 7.86. The van der Waals surface area contributed by atoms with Crippen molar-refractivity contribution in [3.05, 3.63) is 48.0 Å². The lowest BCUT2D eigenvalue weighted by Gasteiger charge is -2.32. The van der Waals surface area contributed by atoms with Gasteiger partial charge in [0.2, 0.25) is 5.91 Å². The number of benzene rings is 1. The molecule has 0 radical (unpaired) electrons. The first-order valence-corrected chi connectivity index (χ1v) is 7.86. The van der Waals surface area contributed by atoms with Crippen LogP contribution in [0.1, 0.15) is 31.7 Å². The summed E-state index contributed by atoms with van der Waals surface area (Å²) < 4.78 is 0. The van der Waals surface area contributed by atoms with Crippen LogP contribution in [0.5, 0.6) is 0 Å². The van der Waals surface area contributed by atoms with Gasteiger partial charge in [0.15, 0.2) is 5.54 Å². The molecule has 1 saturated carbocycles.